The quantitative estimate of drug-likeness (QED) is 0.787. The van der Waals surface area contributed by atoms with E-state index in [-0.39, 0.29) is 5.56 Å². The lowest BCUT2D eigenvalue weighted by molar-refractivity contribution is 0.620. The smallest absolute Gasteiger partial charge is 0.140 e. The largest absolute Gasteiger partial charge is 0.349 e. The second kappa shape index (κ2) is 5.94. The predicted octanol–water partition coefficient (Wildman–Crippen LogP) is 1.75. The third-order valence-corrected chi connectivity index (χ3v) is 2.57. The summed E-state index contributed by atoms with van der Waals surface area (Å²) in [6.07, 6.45) is 4.31. The summed E-state index contributed by atoms with van der Waals surface area (Å²) in [6.45, 7) is 1.38. The molecular weight excluding hydrogens is 231 g/mol. The Hall–Kier alpha value is -2.19. The molecule has 0 saturated carbocycles. The van der Waals surface area contributed by atoms with Crippen LogP contribution in [-0.2, 0) is 13.0 Å². The highest BCUT2D eigenvalue weighted by molar-refractivity contribution is 5.34. The zero-order valence-corrected chi connectivity index (χ0v) is 9.78. The van der Waals surface area contributed by atoms with Crippen LogP contribution < -0.4 is 5.32 Å². The monoisotopic (exact) mass is 244 g/mol. The van der Waals surface area contributed by atoms with Gasteiger partial charge in [0.05, 0.1) is 5.56 Å². The molecule has 0 spiro atoms. The lowest BCUT2D eigenvalue weighted by Crippen LogP contribution is -2.17. The number of rotatable bonds is 5. The maximum absolute atomic E-state index is 13.1. The third kappa shape index (κ3) is 3.15. The molecule has 2 rings (SSSR count). The van der Waals surface area contributed by atoms with Crippen LogP contribution in [0.2, 0.25) is 0 Å². The topological polar surface area (TPSA) is 64.5 Å². The van der Waals surface area contributed by atoms with Gasteiger partial charge in [0.15, 0.2) is 0 Å². The van der Waals surface area contributed by atoms with Crippen LogP contribution in [-0.4, -0.2) is 16.5 Å². The minimum Gasteiger partial charge on any atom is -0.349 e. The van der Waals surface area contributed by atoms with Crippen molar-refractivity contribution in [3.8, 4) is 6.07 Å². The van der Waals surface area contributed by atoms with Crippen molar-refractivity contribution in [1.29, 1.82) is 5.26 Å². The Morgan fingerprint density at radius 3 is 3.06 bits per heavy atom. The van der Waals surface area contributed by atoms with Crippen molar-refractivity contribution in [2.75, 3.05) is 6.54 Å². The van der Waals surface area contributed by atoms with Crippen molar-refractivity contribution in [1.82, 2.24) is 15.3 Å². The molecule has 0 atom stereocenters. The van der Waals surface area contributed by atoms with Crippen LogP contribution in [0.25, 0.3) is 0 Å². The molecule has 4 nitrogen and oxygen atoms in total. The normalized spacial score (nSPS) is 10.2. The molecular formula is C13H13FN4. The fourth-order valence-corrected chi connectivity index (χ4v) is 1.64. The number of H-pyrrole nitrogens is 1. The molecule has 18 heavy (non-hydrogen) atoms. The van der Waals surface area contributed by atoms with Gasteiger partial charge in [-0.2, -0.15) is 5.26 Å². The molecule has 5 heteroatoms. The number of nitrogens with zero attached hydrogens (tertiary/aromatic N) is 2. The van der Waals surface area contributed by atoms with Crippen LogP contribution in [0.5, 0.6) is 0 Å². The highest BCUT2D eigenvalue weighted by atomic mass is 19.1. The zero-order valence-electron chi connectivity index (χ0n) is 9.78. The van der Waals surface area contributed by atoms with E-state index in [1.54, 1.807) is 24.5 Å². The van der Waals surface area contributed by atoms with Gasteiger partial charge in [-0.25, -0.2) is 9.37 Å². The van der Waals surface area contributed by atoms with Gasteiger partial charge in [-0.3, -0.25) is 0 Å². The van der Waals surface area contributed by atoms with Crippen LogP contribution in [0.3, 0.4) is 0 Å². The van der Waals surface area contributed by atoms with E-state index >= 15 is 0 Å². The van der Waals surface area contributed by atoms with E-state index in [1.165, 1.54) is 6.07 Å². The molecule has 92 valence electrons. The van der Waals surface area contributed by atoms with Gasteiger partial charge in [0.25, 0.3) is 0 Å². The highest BCUT2D eigenvalue weighted by Crippen LogP contribution is 2.09. The Morgan fingerprint density at radius 1 is 1.44 bits per heavy atom. The second-order valence-corrected chi connectivity index (χ2v) is 3.89. The van der Waals surface area contributed by atoms with Gasteiger partial charge in [-0.15, -0.1) is 0 Å². The zero-order chi connectivity index (χ0) is 12.8. The number of hydrogen-bond acceptors (Lipinski definition) is 3. The van der Waals surface area contributed by atoms with Gasteiger partial charge in [-0.05, 0) is 17.7 Å². The number of aromatic amines is 1. The Bertz CT molecular complexity index is 543. The maximum Gasteiger partial charge on any atom is 0.140 e. The van der Waals surface area contributed by atoms with Crippen molar-refractivity contribution < 1.29 is 4.39 Å². The van der Waals surface area contributed by atoms with Crippen molar-refractivity contribution >= 4 is 0 Å². The number of imidazole rings is 1. The van der Waals surface area contributed by atoms with Crippen LogP contribution in [0.4, 0.5) is 4.39 Å². The minimum absolute atomic E-state index is 0.0836. The molecule has 1 aromatic carbocycles. The first-order chi connectivity index (χ1) is 8.79. The average Bonchev–Trinajstić information content (AvgIpc) is 2.89. The van der Waals surface area contributed by atoms with Crippen LogP contribution in [0, 0.1) is 17.1 Å². The first kappa shape index (κ1) is 12.3. The highest BCUT2D eigenvalue weighted by Gasteiger charge is 2.02. The van der Waals surface area contributed by atoms with E-state index in [0.29, 0.717) is 6.54 Å². The number of hydrogen-bond donors (Lipinski definition) is 2. The Balaban J connectivity index is 1.82. The Morgan fingerprint density at radius 2 is 2.33 bits per heavy atom. The number of aromatic nitrogens is 2. The third-order valence-electron chi connectivity index (χ3n) is 2.57. The standard InChI is InChI=1S/C13H13FN4/c14-12-2-1-10(7-11(12)8-15)9-16-4-3-13-17-5-6-18-13/h1-2,5-7,16H,3-4,9H2,(H,17,18). The number of nitrogens with one attached hydrogen (secondary N) is 2. The van der Waals surface area contributed by atoms with E-state index < -0.39 is 5.82 Å². The number of halogens is 1. The van der Waals surface area contributed by atoms with Gasteiger partial charge >= 0.3 is 0 Å². The Labute approximate surface area is 104 Å². The summed E-state index contributed by atoms with van der Waals surface area (Å²) in [7, 11) is 0. The molecule has 0 bridgehead atoms. The molecule has 0 fully saturated rings. The lowest BCUT2D eigenvalue weighted by atomic mass is 10.1. The van der Waals surface area contributed by atoms with E-state index in [1.807, 2.05) is 6.07 Å². The summed E-state index contributed by atoms with van der Waals surface area (Å²) < 4.78 is 13.1. The molecule has 0 radical (unpaired) electrons. The molecule has 1 aromatic heterocycles. The molecule has 0 saturated heterocycles. The summed E-state index contributed by atoms with van der Waals surface area (Å²) in [5, 5.41) is 11.9. The minimum atomic E-state index is -0.475. The van der Waals surface area contributed by atoms with E-state index in [2.05, 4.69) is 15.3 Å². The molecule has 0 amide bonds. The summed E-state index contributed by atoms with van der Waals surface area (Å²) in [4.78, 5) is 7.13. The first-order valence-corrected chi connectivity index (χ1v) is 5.67. The second-order valence-electron chi connectivity index (χ2n) is 3.89. The number of benzene rings is 1. The molecule has 0 aliphatic carbocycles. The molecule has 0 aliphatic heterocycles. The maximum atomic E-state index is 13.1. The van der Waals surface area contributed by atoms with E-state index in [9.17, 15) is 4.39 Å². The molecule has 1 heterocycles. The van der Waals surface area contributed by atoms with Crippen molar-refractivity contribution in [2.24, 2.45) is 0 Å². The Kier molecular flexibility index (Phi) is 4.05. The van der Waals surface area contributed by atoms with Crippen molar-refractivity contribution in [3.63, 3.8) is 0 Å². The lowest BCUT2D eigenvalue weighted by Gasteiger charge is -2.04. The van der Waals surface area contributed by atoms with Crippen LogP contribution >= 0.6 is 0 Å². The molecule has 0 aliphatic rings. The van der Waals surface area contributed by atoms with Crippen molar-refractivity contribution in [3.05, 3.63) is 53.4 Å². The first-order valence-electron chi connectivity index (χ1n) is 5.67. The van der Waals surface area contributed by atoms with Gasteiger partial charge in [0.1, 0.15) is 17.7 Å². The van der Waals surface area contributed by atoms with E-state index in [4.69, 9.17) is 5.26 Å². The predicted molar refractivity (Wildman–Crippen MR) is 65.1 cm³/mol. The average molecular weight is 244 g/mol. The van der Waals surface area contributed by atoms with Gasteiger partial charge in [-0.1, -0.05) is 6.07 Å². The van der Waals surface area contributed by atoms with Gasteiger partial charge in [0.2, 0.25) is 0 Å². The fourth-order valence-electron chi connectivity index (χ4n) is 1.64. The van der Waals surface area contributed by atoms with Gasteiger partial charge in [0, 0.05) is 31.9 Å². The molecule has 0 unspecified atom stereocenters. The summed E-state index contributed by atoms with van der Waals surface area (Å²) in [5.74, 6) is 0.455. The van der Waals surface area contributed by atoms with Gasteiger partial charge < -0.3 is 10.3 Å². The van der Waals surface area contributed by atoms with Crippen LogP contribution in [0.1, 0.15) is 17.0 Å². The fraction of sp³-hybridized carbons (Fsp3) is 0.231. The summed E-state index contributed by atoms with van der Waals surface area (Å²) >= 11 is 0. The van der Waals surface area contributed by atoms with Crippen molar-refractivity contribution in [2.45, 2.75) is 13.0 Å². The molecule has 2 N–H and O–H groups in total. The SMILES string of the molecule is N#Cc1cc(CNCCc2ncc[nH]2)ccc1F. The summed E-state index contributed by atoms with van der Waals surface area (Å²) in [6, 6.07) is 6.39. The number of nitriles is 1. The summed E-state index contributed by atoms with van der Waals surface area (Å²) in [5.41, 5.74) is 0.979. The van der Waals surface area contributed by atoms with E-state index in [0.717, 1.165) is 24.4 Å². The van der Waals surface area contributed by atoms with Crippen LogP contribution in [0.15, 0.2) is 30.6 Å². The molecule has 2 aromatic rings.